The van der Waals surface area contributed by atoms with Gasteiger partial charge in [0.05, 0.1) is 0 Å². The Balaban J connectivity index is 2.58. The summed E-state index contributed by atoms with van der Waals surface area (Å²) in [4.78, 5) is 4.19. The van der Waals surface area contributed by atoms with Crippen LogP contribution in [0.5, 0.6) is 0 Å². The van der Waals surface area contributed by atoms with E-state index in [1.165, 1.54) is 24.0 Å². The molecular formula is C10H13N. The molecule has 0 saturated carbocycles. The molecule has 0 radical (unpaired) electrons. The molecule has 1 heterocycles. The molecule has 1 aliphatic carbocycles. The van der Waals surface area contributed by atoms with Crippen molar-refractivity contribution in [2.45, 2.75) is 32.6 Å². The fourth-order valence-electron chi connectivity index (χ4n) is 2.05. The Kier molecular flexibility index (Phi) is 1.45. The third-order valence-electron chi connectivity index (χ3n) is 2.61. The Bertz CT molecular complexity index is 278. The molecule has 0 fully saturated rings. The highest BCUT2D eigenvalue weighted by Crippen LogP contribution is 2.33. The van der Waals surface area contributed by atoms with Crippen LogP contribution < -0.4 is 0 Å². The molecule has 1 heteroatoms. The molecule has 0 bridgehead atoms. The average Bonchev–Trinajstić information content (AvgIpc) is 2.34. The molecule has 1 aromatic heterocycles. The summed E-state index contributed by atoms with van der Waals surface area (Å²) in [6.07, 6.45) is 6.53. The zero-order chi connectivity index (χ0) is 7.84. The Hall–Kier alpha value is -0.850. The van der Waals surface area contributed by atoms with Crippen LogP contribution in [0.2, 0.25) is 0 Å². The minimum absolute atomic E-state index is 0.757. The number of rotatable bonds is 0. The second-order valence-electron chi connectivity index (χ2n) is 3.47. The lowest BCUT2D eigenvalue weighted by atomic mass is 10.0. The summed E-state index contributed by atoms with van der Waals surface area (Å²) < 4.78 is 0. The zero-order valence-corrected chi connectivity index (χ0v) is 7.09. The second kappa shape index (κ2) is 2.33. The average molecular weight is 147 g/mol. The van der Waals surface area contributed by atoms with Crippen LogP contribution in [0.3, 0.4) is 0 Å². The van der Waals surface area contributed by atoms with Crippen LogP contribution in [0.15, 0.2) is 12.4 Å². The Morgan fingerprint density at radius 1 is 1.45 bits per heavy atom. The van der Waals surface area contributed by atoms with Gasteiger partial charge in [0.2, 0.25) is 0 Å². The predicted molar refractivity (Wildman–Crippen MR) is 45.7 cm³/mol. The highest BCUT2D eigenvalue weighted by atomic mass is 14.6. The van der Waals surface area contributed by atoms with E-state index in [9.17, 15) is 0 Å². The Morgan fingerprint density at radius 3 is 3.00 bits per heavy atom. The van der Waals surface area contributed by atoms with E-state index in [-0.39, 0.29) is 0 Å². The van der Waals surface area contributed by atoms with Gasteiger partial charge in [-0.2, -0.15) is 0 Å². The normalized spacial score (nSPS) is 21.8. The van der Waals surface area contributed by atoms with E-state index in [2.05, 4.69) is 18.8 Å². The topological polar surface area (TPSA) is 12.9 Å². The largest absolute Gasteiger partial charge is 0.264 e. The van der Waals surface area contributed by atoms with E-state index in [4.69, 9.17) is 0 Å². The van der Waals surface area contributed by atoms with Gasteiger partial charge in [0.25, 0.3) is 0 Å². The number of fused-ring (bicyclic) bond motifs is 1. The monoisotopic (exact) mass is 147 g/mol. The minimum Gasteiger partial charge on any atom is -0.264 e. The van der Waals surface area contributed by atoms with Crippen molar-refractivity contribution in [3.63, 3.8) is 0 Å². The van der Waals surface area contributed by atoms with E-state index in [1.807, 2.05) is 12.4 Å². The van der Waals surface area contributed by atoms with E-state index >= 15 is 0 Å². The van der Waals surface area contributed by atoms with Crippen molar-refractivity contribution in [3.8, 4) is 0 Å². The quantitative estimate of drug-likeness (QED) is 0.549. The fourth-order valence-corrected chi connectivity index (χ4v) is 2.05. The molecule has 0 spiro atoms. The molecule has 1 aliphatic rings. The molecule has 0 amide bonds. The van der Waals surface area contributed by atoms with Gasteiger partial charge in [-0.25, -0.2) is 0 Å². The maximum absolute atomic E-state index is 4.19. The summed E-state index contributed by atoms with van der Waals surface area (Å²) in [5.41, 5.74) is 4.39. The van der Waals surface area contributed by atoms with E-state index in [0.29, 0.717) is 0 Å². The molecule has 1 atom stereocenters. The second-order valence-corrected chi connectivity index (χ2v) is 3.47. The third kappa shape index (κ3) is 0.953. The van der Waals surface area contributed by atoms with Crippen molar-refractivity contribution in [2.24, 2.45) is 0 Å². The first-order valence-corrected chi connectivity index (χ1v) is 4.22. The van der Waals surface area contributed by atoms with Gasteiger partial charge < -0.3 is 0 Å². The summed E-state index contributed by atoms with van der Waals surface area (Å²) in [7, 11) is 0. The number of hydrogen-bond acceptors (Lipinski definition) is 1. The van der Waals surface area contributed by atoms with Crippen molar-refractivity contribution in [2.75, 3.05) is 0 Å². The number of aromatic nitrogens is 1. The third-order valence-corrected chi connectivity index (χ3v) is 2.61. The van der Waals surface area contributed by atoms with Crippen LogP contribution in [-0.4, -0.2) is 4.98 Å². The number of nitrogens with zero attached hydrogens (tertiary/aromatic N) is 1. The SMILES string of the molecule is Cc1cncc2c1[C@H](C)CC2. The first-order valence-electron chi connectivity index (χ1n) is 4.22. The van der Waals surface area contributed by atoms with Gasteiger partial charge in [-0.3, -0.25) is 4.98 Å². The van der Waals surface area contributed by atoms with Gasteiger partial charge in [-0.05, 0) is 42.4 Å². The standard InChI is InChI=1S/C10H13N/c1-7-3-4-9-6-11-5-8(2)10(7)9/h5-7H,3-4H2,1-2H3/t7-/m1/s1. The molecule has 2 rings (SSSR count). The molecule has 1 nitrogen and oxygen atoms in total. The molecule has 0 saturated heterocycles. The van der Waals surface area contributed by atoms with Crippen molar-refractivity contribution < 1.29 is 0 Å². The minimum atomic E-state index is 0.757. The molecule has 0 unspecified atom stereocenters. The van der Waals surface area contributed by atoms with Gasteiger partial charge in [-0.15, -0.1) is 0 Å². The van der Waals surface area contributed by atoms with Crippen molar-refractivity contribution in [1.29, 1.82) is 0 Å². The van der Waals surface area contributed by atoms with Gasteiger partial charge in [0.1, 0.15) is 0 Å². The van der Waals surface area contributed by atoms with Gasteiger partial charge in [-0.1, -0.05) is 6.92 Å². The van der Waals surface area contributed by atoms with Crippen LogP contribution in [0.4, 0.5) is 0 Å². The van der Waals surface area contributed by atoms with Crippen molar-refractivity contribution in [1.82, 2.24) is 4.98 Å². The number of hydrogen-bond donors (Lipinski definition) is 0. The Labute approximate surface area is 67.5 Å². The number of aryl methyl sites for hydroxylation is 2. The highest BCUT2D eigenvalue weighted by molar-refractivity contribution is 5.37. The molecule has 0 N–H and O–H groups in total. The summed E-state index contributed by atoms with van der Waals surface area (Å²) in [5, 5.41) is 0. The molecule has 58 valence electrons. The van der Waals surface area contributed by atoms with Crippen LogP contribution in [0.1, 0.15) is 36.0 Å². The van der Waals surface area contributed by atoms with Crippen molar-refractivity contribution >= 4 is 0 Å². The summed E-state index contributed by atoms with van der Waals surface area (Å²) in [6.45, 7) is 4.46. The first kappa shape index (κ1) is 6.84. The smallest absolute Gasteiger partial charge is 0.0302 e. The summed E-state index contributed by atoms with van der Waals surface area (Å²) in [5.74, 6) is 0.757. The molecule has 0 aliphatic heterocycles. The van der Waals surface area contributed by atoms with Crippen LogP contribution in [0, 0.1) is 6.92 Å². The molecule has 0 aromatic carbocycles. The van der Waals surface area contributed by atoms with Gasteiger partial charge >= 0.3 is 0 Å². The summed E-state index contributed by atoms with van der Waals surface area (Å²) >= 11 is 0. The van der Waals surface area contributed by atoms with Crippen LogP contribution >= 0.6 is 0 Å². The Morgan fingerprint density at radius 2 is 2.27 bits per heavy atom. The zero-order valence-electron chi connectivity index (χ0n) is 7.09. The molecular weight excluding hydrogens is 134 g/mol. The van der Waals surface area contributed by atoms with Gasteiger partial charge in [0, 0.05) is 12.4 Å². The lowest BCUT2D eigenvalue weighted by Crippen LogP contribution is -1.91. The maximum Gasteiger partial charge on any atom is 0.0302 e. The highest BCUT2D eigenvalue weighted by Gasteiger charge is 2.19. The predicted octanol–water partition coefficient (Wildman–Crippen LogP) is 2.44. The van der Waals surface area contributed by atoms with Crippen molar-refractivity contribution in [3.05, 3.63) is 29.1 Å². The van der Waals surface area contributed by atoms with E-state index < -0.39 is 0 Å². The lowest BCUT2D eigenvalue weighted by Gasteiger charge is -2.06. The summed E-state index contributed by atoms with van der Waals surface area (Å²) in [6, 6.07) is 0. The van der Waals surface area contributed by atoms with Gasteiger partial charge in [0.15, 0.2) is 0 Å². The fraction of sp³-hybridized carbons (Fsp3) is 0.500. The lowest BCUT2D eigenvalue weighted by molar-refractivity contribution is 0.744. The number of pyridine rings is 1. The van der Waals surface area contributed by atoms with Crippen LogP contribution in [0.25, 0.3) is 0 Å². The van der Waals surface area contributed by atoms with E-state index in [0.717, 1.165) is 5.92 Å². The first-order chi connectivity index (χ1) is 5.29. The molecule has 1 aromatic rings. The molecule has 11 heavy (non-hydrogen) atoms. The van der Waals surface area contributed by atoms with Crippen LogP contribution in [-0.2, 0) is 6.42 Å². The maximum atomic E-state index is 4.19. The van der Waals surface area contributed by atoms with E-state index in [1.54, 1.807) is 5.56 Å².